The number of ether oxygens (including phenoxy) is 2. The number of nitrogens with one attached hydrogen (secondary N) is 1. The number of hydrogen-bond acceptors (Lipinski definition) is 4. The van der Waals surface area contributed by atoms with Gasteiger partial charge in [-0.05, 0) is 33.3 Å². The minimum absolute atomic E-state index is 0.125. The molecular weight excluding hydrogens is 280 g/mol. The van der Waals surface area contributed by atoms with Crippen LogP contribution in [0.4, 0.5) is 5.69 Å². The van der Waals surface area contributed by atoms with Crippen LogP contribution in [-0.4, -0.2) is 30.2 Å². The van der Waals surface area contributed by atoms with Gasteiger partial charge in [-0.3, -0.25) is 4.79 Å². The van der Waals surface area contributed by atoms with Crippen LogP contribution in [-0.2, 0) is 9.53 Å². The van der Waals surface area contributed by atoms with Gasteiger partial charge in [0.25, 0.3) is 5.91 Å². The molecule has 1 aromatic heterocycles. The molecule has 1 amide bonds. The molecule has 1 rings (SSSR count). The van der Waals surface area contributed by atoms with Crippen molar-refractivity contribution in [1.82, 2.24) is 4.98 Å². The number of carbonyl (C=O) groups excluding carboxylic acids is 1. The van der Waals surface area contributed by atoms with Crippen LogP contribution < -0.4 is 10.1 Å². The maximum absolute atomic E-state index is 12.6. The summed E-state index contributed by atoms with van der Waals surface area (Å²) in [6.07, 6.45) is 3.90. The smallest absolute Gasteiger partial charge is 0.256 e. The molecule has 0 aliphatic carbocycles. The van der Waals surface area contributed by atoms with E-state index in [0.717, 1.165) is 25.0 Å². The lowest BCUT2D eigenvalue weighted by molar-refractivity contribution is -0.139. The molecule has 5 heteroatoms. The largest absolute Gasteiger partial charge is 0.481 e. The summed E-state index contributed by atoms with van der Waals surface area (Å²) in [5, 5.41) is 2.93. The number of pyridine rings is 1. The average Bonchev–Trinajstić information content (AvgIpc) is 2.49. The first kappa shape index (κ1) is 18.4. The van der Waals surface area contributed by atoms with Crippen LogP contribution >= 0.6 is 0 Å². The molecule has 0 bridgehead atoms. The first-order valence-electron chi connectivity index (χ1n) is 7.93. The van der Waals surface area contributed by atoms with Gasteiger partial charge in [-0.25, -0.2) is 4.98 Å². The number of methoxy groups -OCH3 is 1. The van der Waals surface area contributed by atoms with Crippen molar-refractivity contribution in [1.29, 1.82) is 0 Å². The van der Waals surface area contributed by atoms with E-state index in [2.05, 4.69) is 17.2 Å². The van der Waals surface area contributed by atoms with Crippen molar-refractivity contribution in [2.45, 2.75) is 59.0 Å². The van der Waals surface area contributed by atoms with Gasteiger partial charge in [0, 0.05) is 12.7 Å². The molecule has 5 nitrogen and oxygen atoms in total. The summed E-state index contributed by atoms with van der Waals surface area (Å²) in [6.45, 7) is 8.26. The summed E-state index contributed by atoms with van der Waals surface area (Å²) >= 11 is 0. The number of carbonyl (C=O) groups is 1. The lowest BCUT2D eigenvalue weighted by atomic mass is 9.96. The number of nitrogens with zero attached hydrogens (tertiary/aromatic N) is 1. The van der Waals surface area contributed by atoms with Crippen LogP contribution in [0.15, 0.2) is 12.1 Å². The van der Waals surface area contributed by atoms with Gasteiger partial charge in [-0.1, -0.05) is 26.2 Å². The van der Waals surface area contributed by atoms with Crippen LogP contribution in [0.1, 0.15) is 52.1 Å². The molecular formula is C17H28N2O3. The predicted molar refractivity (Wildman–Crippen MR) is 88.3 cm³/mol. The highest BCUT2D eigenvalue weighted by molar-refractivity contribution is 5.97. The zero-order valence-electron chi connectivity index (χ0n) is 14.4. The molecule has 0 fully saturated rings. The summed E-state index contributed by atoms with van der Waals surface area (Å²) in [5.74, 6) is 0.409. The van der Waals surface area contributed by atoms with Gasteiger partial charge in [0.1, 0.15) is 5.60 Å². The topological polar surface area (TPSA) is 60.5 Å². The van der Waals surface area contributed by atoms with E-state index in [4.69, 9.17) is 9.47 Å². The van der Waals surface area contributed by atoms with E-state index in [9.17, 15) is 4.79 Å². The predicted octanol–water partition coefficient (Wildman–Crippen LogP) is 3.71. The van der Waals surface area contributed by atoms with Crippen LogP contribution in [0.3, 0.4) is 0 Å². The standard InChI is InChI=1S/C17H28N2O3/c1-6-8-9-12-17(4,22-7-2)16(20)19-14-10-11-15(21-5)18-13(14)3/h10-11H,6-9,12H2,1-5H3,(H,19,20)/t17-/m0/s1. The highest BCUT2D eigenvalue weighted by Crippen LogP contribution is 2.24. The summed E-state index contributed by atoms with van der Waals surface area (Å²) in [5.41, 5.74) is 0.600. The highest BCUT2D eigenvalue weighted by atomic mass is 16.5. The average molecular weight is 308 g/mol. The molecule has 1 atom stereocenters. The highest BCUT2D eigenvalue weighted by Gasteiger charge is 2.33. The maximum Gasteiger partial charge on any atom is 0.256 e. The zero-order valence-corrected chi connectivity index (χ0v) is 14.4. The van der Waals surface area contributed by atoms with E-state index >= 15 is 0 Å². The van der Waals surface area contributed by atoms with Crippen LogP contribution in [0, 0.1) is 6.92 Å². The number of aryl methyl sites for hydroxylation is 1. The van der Waals surface area contributed by atoms with Crippen molar-refractivity contribution >= 4 is 11.6 Å². The van der Waals surface area contributed by atoms with Crippen molar-refractivity contribution in [2.24, 2.45) is 0 Å². The summed E-state index contributed by atoms with van der Waals surface area (Å²) in [4.78, 5) is 16.9. The lowest BCUT2D eigenvalue weighted by Gasteiger charge is -2.28. The quantitative estimate of drug-likeness (QED) is 0.706. The van der Waals surface area contributed by atoms with Crippen molar-refractivity contribution in [2.75, 3.05) is 19.0 Å². The number of aromatic nitrogens is 1. The Morgan fingerprint density at radius 1 is 1.32 bits per heavy atom. The van der Waals surface area contributed by atoms with Crippen LogP contribution in [0.5, 0.6) is 5.88 Å². The second-order valence-electron chi connectivity index (χ2n) is 5.56. The molecule has 0 spiro atoms. The van der Waals surface area contributed by atoms with Crippen LogP contribution in [0.2, 0.25) is 0 Å². The molecule has 1 aromatic rings. The third kappa shape index (κ3) is 4.98. The van der Waals surface area contributed by atoms with E-state index in [1.54, 1.807) is 19.2 Å². The Morgan fingerprint density at radius 2 is 2.05 bits per heavy atom. The van der Waals surface area contributed by atoms with Crippen molar-refractivity contribution in [3.8, 4) is 5.88 Å². The van der Waals surface area contributed by atoms with Gasteiger partial charge in [0.05, 0.1) is 18.5 Å². The van der Waals surface area contributed by atoms with Crippen molar-refractivity contribution < 1.29 is 14.3 Å². The second kappa shape index (κ2) is 8.73. The van der Waals surface area contributed by atoms with Gasteiger partial charge in [-0.2, -0.15) is 0 Å². The summed E-state index contributed by atoms with van der Waals surface area (Å²) in [6, 6.07) is 3.54. The number of anilines is 1. The Balaban J connectivity index is 2.82. The van der Waals surface area contributed by atoms with Gasteiger partial charge in [0.15, 0.2) is 0 Å². The Kier molecular flexibility index (Phi) is 7.32. The number of amides is 1. The van der Waals surface area contributed by atoms with E-state index in [1.807, 2.05) is 20.8 Å². The first-order valence-corrected chi connectivity index (χ1v) is 7.93. The van der Waals surface area contributed by atoms with E-state index in [1.165, 1.54) is 0 Å². The monoisotopic (exact) mass is 308 g/mol. The molecule has 0 unspecified atom stereocenters. The Hall–Kier alpha value is -1.62. The lowest BCUT2D eigenvalue weighted by Crippen LogP contribution is -2.43. The summed E-state index contributed by atoms with van der Waals surface area (Å²) in [7, 11) is 1.57. The molecule has 0 saturated carbocycles. The first-order chi connectivity index (χ1) is 10.5. The molecule has 1 N–H and O–H groups in total. The molecule has 1 heterocycles. The Bertz CT molecular complexity index is 491. The molecule has 0 saturated heterocycles. The van der Waals surface area contributed by atoms with Crippen molar-refractivity contribution in [3.05, 3.63) is 17.8 Å². The third-order valence-electron chi connectivity index (χ3n) is 3.72. The van der Waals surface area contributed by atoms with E-state index in [-0.39, 0.29) is 5.91 Å². The molecule has 0 aliphatic heterocycles. The normalized spacial score (nSPS) is 13.5. The number of rotatable bonds is 9. The number of hydrogen-bond donors (Lipinski definition) is 1. The molecule has 0 radical (unpaired) electrons. The molecule has 124 valence electrons. The Labute approximate surface area is 133 Å². The van der Waals surface area contributed by atoms with E-state index < -0.39 is 5.60 Å². The van der Waals surface area contributed by atoms with Crippen LogP contribution in [0.25, 0.3) is 0 Å². The fraction of sp³-hybridized carbons (Fsp3) is 0.647. The molecule has 22 heavy (non-hydrogen) atoms. The van der Waals surface area contributed by atoms with E-state index in [0.29, 0.717) is 24.6 Å². The Morgan fingerprint density at radius 3 is 2.59 bits per heavy atom. The molecule has 0 aromatic carbocycles. The van der Waals surface area contributed by atoms with Gasteiger partial charge < -0.3 is 14.8 Å². The SMILES string of the molecule is CCCCC[C@](C)(OCC)C(=O)Nc1ccc(OC)nc1C. The third-order valence-corrected chi connectivity index (χ3v) is 3.72. The van der Waals surface area contributed by atoms with Gasteiger partial charge in [-0.15, -0.1) is 0 Å². The van der Waals surface area contributed by atoms with Gasteiger partial charge in [0.2, 0.25) is 5.88 Å². The molecule has 0 aliphatic rings. The zero-order chi connectivity index (χ0) is 16.6. The van der Waals surface area contributed by atoms with Gasteiger partial charge >= 0.3 is 0 Å². The summed E-state index contributed by atoms with van der Waals surface area (Å²) < 4.78 is 10.8. The fourth-order valence-corrected chi connectivity index (χ4v) is 2.32. The van der Waals surface area contributed by atoms with Crippen molar-refractivity contribution in [3.63, 3.8) is 0 Å². The second-order valence-corrected chi connectivity index (χ2v) is 5.56. The minimum Gasteiger partial charge on any atom is -0.481 e. The maximum atomic E-state index is 12.6. The minimum atomic E-state index is -0.809. The number of unbranched alkanes of at least 4 members (excludes halogenated alkanes) is 2. The fourth-order valence-electron chi connectivity index (χ4n) is 2.32.